The third-order valence-electron chi connectivity index (χ3n) is 12.1. The van der Waals surface area contributed by atoms with Gasteiger partial charge < -0.3 is 13.9 Å². The first-order valence-electron chi connectivity index (χ1n) is 23.7. The molecule has 0 atom stereocenters. The maximum atomic E-state index is 9.18. The summed E-state index contributed by atoms with van der Waals surface area (Å²) in [5, 5.41) is 4.33. The molecule has 0 aliphatic rings. The Balaban J connectivity index is 1.13. The van der Waals surface area contributed by atoms with Crippen LogP contribution in [0.3, 0.4) is 0 Å². The fraction of sp³-hybridized carbons (Fsp3) is 0. The maximum Gasteiger partial charge on any atom is 0.145 e. The summed E-state index contributed by atoms with van der Waals surface area (Å²) in [6.45, 7) is 0. The minimum absolute atomic E-state index is 0.00156. The van der Waals surface area contributed by atoms with Gasteiger partial charge in [-0.1, -0.05) is 169 Å². The average molecular weight is 844 g/mol. The minimum Gasteiger partial charge on any atom is -0.455 e. The molecule has 0 saturated heterocycles. The number of halogens is 1. The van der Waals surface area contributed by atoms with Gasteiger partial charge >= 0.3 is 0 Å². The molecule has 64 heavy (non-hydrogen) atoms. The highest BCUT2D eigenvalue weighted by atomic mass is 35.5. The van der Waals surface area contributed by atoms with Crippen molar-refractivity contribution in [3.63, 3.8) is 0 Å². The Morgan fingerprint density at radius 3 is 1.69 bits per heavy atom. The molecule has 12 rings (SSSR count). The molecule has 12 aromatic rings. The molecule has 2 heterocycles. The summed E-state index contributed by atoms with van der Waals surface area (Å²) in [6, 6.07) is 67.8. The van der Waals surface area contributed by atoms with Gasteiger partial charge in [-0.25, -0.2) is 0 Å². The van der Waals surface area contributed by atoms with E-state index >= 15 is 0 Å². The van der Waals surface area contributed by atoms with E-state index < -0.39 is 18.1 Å². The maximum absolute atomic E-state index is 9.18. The number of hydrogen-bond acceptors (Lipinski definition) is 2. The molecule has 0 spiro atoms. The molecule has 0 bridgehead atoms. The van der Waals surface area contributed by atoms with E-state index in [4.69, 9.17) is 20.1 Å². The summed E-state index contributed by atoms with van der Waals surface area (Å²) in [5.41, 5.74) is 13.4. The van der Waals surface area contributed by atoms with Crippen LogP contribution >= 0.6 is 11.6 Å². The summed E-state index contributed by atoms with van der Waals surface area (Å²) in [7, 11) is 0. The van der Waals surface area contributed by atoms with Gasteiger partial charge in [-0.2, -0.15) is 0 Å². The van der Waals surface area contributed by atoms with Crippen molar-refractivity contribution >= 4 is 72.4 Å². The molecule has 0 saturated carbocycles. The lowest BCUT2D eigenvalue weighted by atomic mass is 9.97. The molecule has 2 aromatic heterocycles. The number of benzene rings is 10. The van der Waals surface area contributed by atoms with Crippen LogP contribution in [0.4, 0.5) is 17.1 Å². The lowest BCUT2D eigenvalue weighted by Crippen LogP contribution is -2.10. The van der Waals surface area contributed by atoms with Crippen molar-refractivity contribution in [3.05, 3.63) is 241 Å². The highest BCUT2D eigenvalue weighted by Gasteiger charge is 2.24. The van der Waals surface area contributed by atoms with Crippen LogP contribution in [-0.4, -0.2) is 4.57 Å². The van der Waals surface area contributed by atoms with Crippen molar-refractivity contribution in [1.82, 2.24) is 4.57 Å². The largest absolute Gasteiger partial charge is 0.455 e. The number of para-hydroxylation sites is 3. The quantitative estimate of drug-likeness (QED) is 0.152. The van der Waals surface area contributed by atoms with E-state index in [1.165, 1.54) is 0 Å². The van der Waals surface area contributed by atoms with Crippen LogP contribution in [-0.2, 0) is 0 Å². The summed E-state index contributed by atoms with van der Waals surface area (Å²) in [5.74, 6) is 0. The van der Waals surface area contributed by atoms with Gasteiger partial charge in [-0.15, -0.1) is 0 Å². The Labute approximate surface area is 383 Å². The molecule has 0 radical (unpaired) electrons. The summed E-state index contributed by atoms with van der Waals surface area (Å²) in [6.07, 6.45) is 0. The molecule has 302 valence electrons. The van der Waals surface area contributed by atoms with Crippen LogP contribution in [0.5, 0.6) is 0 Å². The molecule has 0 N–H and O–H groups in total. The number of anilines is 3. The zero-order valence-corrected chi connectivity index (χ0v) is 35.1. The van der Waals surface area contributed by atoms with Crippen LogP contribution in [0, 0.1) is 0 Å². The van der Waals surface area contributed by atoms with E-state index in [1.54, 1.807) is 11.0 Å². The van der Waals surface area contributed by atoms with Crippen molar-refractivity contribution in [2.75, 3.05) is 4.90 Å². The Kier molecular flexibility index (Phi) is 7.97. The molecular weight excluding hydrogens is 800 g/mol. The van der Waals surface area contributed by atoms with Crippen LogP contribution in [0.1, 0.15) is 6.85 Å². The van der Waals surface area contributed by atoms with Crippen LogP contribution < -0.4 is 4.90 Å². The Hall–Kier alpha value is -8.11. The van der Waals surface area contributed by atoms with E-state index in [0.29, 0.717) is 22.0 Å². The minimum atomic E-state index is -0.470. The molecule has 3 nitrogen and oxygen atoms in total. The zero-order chi connectivity index (χ0) is 46.9. The van der Waals surface area contributed by atoms with Gasteiger partial charge in [0.05, 0.1) is 23.3 Å². The number of nitrogens with zero attached hydrogens (tertiary/aromatic N) is 2. The van der Waals surface area contributed by atoms with Crippen molar-refractivity contribution < 1.29 is 11.3 Å². The van der Waals surface area contributed by atoms with Crippen molar-refractivity contribution in [1.29, 1.82) is 0 Å². The van der Waals surface area contributed by atoms with Crippen LogP contribution in [0.25, 0.3) is 93.9 Å². The van der Waals surface area contributed by atoms with E-state index in [0.717, 1.165) is 88.4 Å². The predicted molar refractivity (Wildman–Crippen MR) is 269 cm³/mol. The lowest BCUT2D eigenvalue weighted by Gasteiger charge is -2.26. The molecule has 0 unspecified atom stereocenters. The van der Waals surface area contributed by atoms with Gasteiger partial charge in [0.2, 0.25) is 0 Å². The topological polar surface area (TPSA) is 21.3 Å². The third kappa shape index (κ3) is 6.53. The van der Waals surface area contributed by atoms with Crippen LogP contribution in [0.15, 0.2) is 241 Å². The summed E-state index contributed by atoms with van der Waals surface area (Å²) >= 11 is 7.19. The average Bonchev–Trinajstić information content (AvgIpc) is 3.95. The van der Waals surface area contributed by atoms with Gasteiger partial charge in [0.1, 0.15) is 11.2 Å². The van der Waals surface area contributed by atoms with Gasteiger partial charge in [-0.05, 0) is 118 Å². The lowest BCUT2D eigenvalue weighted by molar-refractivity contribution is 0.670. The molecule has 0 amide bonds. The molecule has 0 fully saturated rings. The Bertz CT molecular complexity index is 3880. The van der Waals surface area contributed by atoms with Gasteiger partial charge in [-0.3, -0.25) is 0 Å². The second kappa shape index (κ2) is 15.7. The second-order valence-electron chi connectivity index (χ2n) is 15.9. The van der Waals surface area contributed by atoms with Gasteiger partial charge in [0.25, 0.3) is 0 Å². The molecular formula is C60H39ClN2O. The fourth-order valence-electron chi connectivity index (χ4n) is 9.21. The SMILES string of the molecule is [2H]c1c([2H])c([2H])c(N(c2ccc(-c3ccccc3)cc2)c2cc(Cl)cc(-c3cc4c5ccccc5n(-c5cc(-c6ccccc6)cc(-c6ccccc6)c5)c4c4c3oc3ccccc34)c2)c([2H])c1[2H]. The predicted octanol–water partition coefficient (Wildman–Crippen LogP) is 17.5. The summed E-state index contributed by atoms with van der Waals surface area (Å²) < 4.78 is 53.5. The first kappa shape index (κ1) is 32.6. The second-order valence-corrected chi connectivity index (χ2v) is 16.3. The number of furan rings is 1. The van der Waals surface area contributed by atoms with Crippen LogP contribution in [0.2, 0.25) is 5.02 Å². The Morgan fingerprint density at radius 1 is 0.438 bits per heavy atom. The number of fused-ring (bicyclic) bond motifs is 7. The van der Waals surface area contributed by atoms with Crippen molar-refractivity contribution in [2.45, 2.75) is 0 Å². The number of hydrogen-bond donors (Lipinski definition) is 0. The molecule has 4 heteroatoms. The van der Waals surface area contributed by atoms with Gasteiger partial charge in [0.15, 0.2) is 0 Å². The van der Waals surface area contributed by atoms with E-state index in [9.17, 15) is 2.74 Å². The molecule has 0 aliphatic heterocycles. The summed E-state index contributed by atoms with van der Waals surface area (Å²) in [4.78, 5) is 1.70. The number of aromatic nitrogens is 1. The first-order valence-corrected chi connectivity index (χ1v) is 21.6. The normalized spacial score (nSPS) is 12.6. The standard InChI is InChI=1S/C60H39ClN2O/c61-47-34-46(37-51(38-47)62(48-23-11-4-12-24-48)49-31-29-43(30-32-49)40-17-5-1-6-18-40)54-39-55-52-25-13-15-27-56(52)63(59(55)58-53-26-14-16-28-57(53)64-60(54)58)50-35-44(41-19-7-2-8-20-41)33-45(36-50)42-21-9-3-10-22-42/h1-39H/i4D,11D,12D,23D,24D. The Morgan fingerprint density at radius 2 is 1.02 bits per heavy atom. The van der Waals surface area contributed by atoms with E-state index in [2.05, 4.69) is 108 Å². The highest BCUT2D eigenvalue weighted by molar-refractivity contribution is 6.32. The van der Waals surface area contributed by atoms with Crippen molar-refractivity contribution in [3.8, 4) is 50.2 Å². The third-order valence-corrected chi connectivity index (χ3v) is 12.3. The molecule has 0 aliphatic carbocycles. The smallest absolute Gasteiger partial charge is 0.145 e. The molecule has 10 aromatic carbocycles. The number of rotatable bonds is 8. The van der Waals surface area contributed by atoms with Gasteiger partial charge in [0, 0.05) is 49.5 Å². The van der Waals surface area contributed by atoms with Crippen molar-refractivity contribution in [2.24, 2.45) is 0 Å². The first-order chi connectivity index (χ1) is 33.7. The van der Waals surface area contributed by atoms with E-state index in [-0.39, 0.29) is 17.8 Å². The monoisotopic (exact) mass is 843 g/mol. The van der Waals surface area contributed by atoms with E-state index in [1.807, 2.05) is 97.1 Å². The zero-order valence-electron chi connectivity index (χ0n) is 39.3. The highest BCUT2D eigenvalue weighted by Crippen LogP contribution is 2.47. The fourth-order valence-corrected chi connectivity index (χ4v) is 9.44.